The Labute approximate surface area is 126 Å². The van der Waals surface area contributed by atoms with Crippen LogP contribution >= 0.6 is 0 Å². The van der Waals surface area contributed by atoms with Crippen molar-refractivity contribution in [3.05, 3.63) is 29.8 Å². The van der Waals surface area contributed by atoms with Gasteiger partial charge < -0.3 is 14.6 Å². The average molecular weight is 317 g/mol. The van der Waals surface area contributed by atoms with E-state index >= 15 is 0 Å². The van der Waals surface area contributed by atoms with Crippen molar-refractivity contribution in [3.8, 4) is 0 Å². The maximum absolute atomic E-state index is 12.0. The van der Waals surface area contributed by atoms with E-state index in [-0.39, 0.29) is 4.90 Å². The second-order valence-corrected chi connectivity index (χ2v) is 6.37. The van der Waals surface area contributed by atoms with Crippen LogP contribution in [-0.4, -0.2) is 47.0 Å². The van der Waals surface area contributed by atoms with Crippen molar-refractivity contribution in [2.24, 2.45) is 0 Å². The smallest absolute Gasteiger partial charge is 0.240 e. The number of nitrogens with one attached hydrogen (secondary N) is 1. The van der Waals surface area contributed by atoms with E-state index in [4.69, 9.17) is 9.47 Å². The summed E-state index contributed by atoms with van der Waals surface area (Å²) in [4.78, 5) is 0.187. The molecule has 0 spiro atoms. The molecule has 1 aromatic rings. The number of benzene rings is 1. The molecule has 1 atom stereocenters. The Morgan fingerprint density at radius 3 is 2.43 bits per heavy atom. The number of aliphatic hydroxyl groups excluding tert-OH is 1. The average Bonchev–Trinajstić information content (AvgIpc) is 2.46. The fourth-order valence-electron chi connectivity index (χ4n) is 1.63. The van der Waals surface area contributed by atoms with E-state index in [0.29, 0.717) is 38.3 Å². The van der Waals surface area contributed by atoms with Gasteiger partial charge in [0, 0.05) is 20.3 Å². The lowest BCUT2D eigenvalue weighted by Gasteiger charge is -2.09. The van der Waals surface area contributed by atoms with E-state index in [0.717, 1.165) is 0 Å². The highest BCUT2D eigenvalue weighted by Crippen LogP contribution is 2.15. The predicted octanol–water partition coefficient (Wildman–Crippen LogP) is 1.07. The van der Waals surface area contributed by atoms with E-state index in [2.05, 4.69) is 4.72 Å². The standard InChI is InChI=1S/C14H23NO5S/c1-12(16)13-4-6-14(7-5-13)21(17,18)15-8-3-9-20-11-10-19-2/h4-7,12,15-16H,3,8-11H2,1-2H3. The molecule has 7 heteroatoms. The van der Waals surface area contributed by atoms with Gasteiger partial charge in [-0.3, -0.25) is 0 Å². The number of ether oxygens (including phenoxy) is 2. The first kappa shape index (κ1) is 18.1. The van der Waals surface area contributed by atoms with Crippen LogP contribution < -0.4 is 4.72 Å². The number of rotatable bonds is 10. The molecule has 0 saturated heterocycles. The van der Waals surface area contributed by atoms with E-state index < -0.39 is 16.1 Å². The zero-order valence-electron chi connectivity index (χ0n) is 12.4. The lowest BCUT2D eigenvalue weighted by Crippen LogP contribution is -2.25. The third-order valence-corrected chi connectivity index (χ3v) is 4.34. The van der Waals surface area contributed by atoms with Gasteiger partial charge in [-0.2, -0.15) is 0 Å². The van der Waals surface area contributed by atoms with Gasteiger partial charge in [0.1, 0.15) is 0 Å². The molecule has 0 aliphatic heterocycles. The van der Waals surface area contributed by atoms with E-state index in [1.165, 1.54) is 12.1 Å². The molecule has 21 heavy (non-hydrogen) atoms. The van der Waals surface area contributed by atoms with E-state index in [1.807, 2.05) is 0 Å². The molecule has 0 saturated carbocycles. The topological polar surface area (TPSA) is 84.9 Å². The first-order valence-electron chi connectivity index (χ1n) is 6.82. The molecule has 2 N–H and O–H groups in total. The zero-order valence-corrected chi connectivity index (χ0v) is 13.2. The Balaban J connectivity index is 2.39. The largest absolute Gasteiger partial charge is 0.389 e. The number of sulfonamides is 1. The summed E-state index contributed by atoms with van der Waals surface area (Å²) in [6.45, 7) is 3.46. The molecule has 1 aromatic carbocycles. The number of methoxy groups -OCH3 is 1. The van der Waals surface area contributed by atoms with Crippen LogP contribution in [0.2, 0.25) is 0 Å². The van der Waals surface area contributed by atoms with Crippen LogP contribution in [0.15, 0.2) is 29.2 Å². The summed E-state index contributed by atoms with van der Waals surface area (Å²) in [5.41, 5.74) is 0.681. The van der Waals surface area contributed by atoms with Crippen LogP contribution in [0.3, 0.4) is 0 Å². The van der Waals surface area contributed by atoms with Crippen LogP contribution in [0.25, 0.3) is 0 Å². The van der Waals surface area contributed by atoms with E-state index in [9.17, 15) is 13.5 Å². The Bertz CT molecular complexity index is 499. The van der Waals surface area contributed by atoms with Crippen LogP contribution in [0.5, 0.6) is 0 Å². The molecule has 120 valence electrons. The molecule has 0 aliphatic carbocycles. The minimum absolute atomic E-state index is 0.187. The molecular formula is C14H23NO5S. The van der Waals surface area contributed by atoms with Crippen LogP contribution in [0, 0.1) is 0 Å². The second kappa shape index (κ2) is 9.11. The molecule has 1 rings (SSSR count). The molecule has 0 aliphatic rings. The van der Waals surface area contributed by atoms with Gasteiger partial charge in [0.25, 0.3) is 0 Å². The monoisotopic (exact) mass is 317 g/mol. The highest BCUT2D eigenvalue weighted by Gasteiger charge is 2.13. The normalized spacial score (nSPS) is 13.3. The summed E-state index contributed by atoms with van der Waals surface area (Å²) in [7, 11) is -1.91. The molecule has 0 heterocycles. The van der Waals surface area contributed by atoms with Gasteiger partial charge in [-0.05, 0) is 31.0 Å². The molecule has 0 bridgehead atoms. The second-order valence-electron chi connectivity index (χ2n) is 4.60. The first-order valence-corrected chi connectivity index (χ1v) is 8.30. The van der Waals surface area contributed by atoms with Crippen LogP contribution in [-0.2, 0) is 19.5 Å². The highest BCUT2D eigenvalue weighted by molar-refractivity contribution is 7.89. The van der Waals surface area contributed by atoms with Gasteiger partial charge in [0.15, 0.2) is 0 Å². The molecule has 0 amide bonds. The van der Waals surface area contributed by atoms with Gasteiger partial charge >= 0.3 is 0 Å². The zero-order chi connectivity index (χ0) is 15.7. The summed E-state index contributed by atoms with van der Waals surface area (Å²) in [5, 5.41) is 9.39. The first-order chi connectivity index (χ1) is 9.97. The SMILES string of the molecule is COCCOCCCNS(=O)(=O)c1ccc(C(C)O)cc1. The minimum Gasteiger partial charge on any atom is -0.389 e. The number of hydrogen-bond acceptors (Lipinski definition) is 5. The maximum atomic E-state index is 12.0. The molecule has 0 aromatic heterocycles. The fourth-order valence-corrected chi connectivity index (χ4v) is 2.71. The van der Waals surface area contributed by atoms with Gasteiger partial charge in [-0.1, -0.05) is 12.1 Å². The minimum atomic E-state index is -3.51. The lowest BCUT2D eigenvalue weighted by atomic mass is 10.1. The van der Waals surface area contributed by atoms with Crippen molar-refractivity contribution >= 4 is 10.0 Å². The van der Waals surface area contributed by atoms with Crippen molar-refractivity contribution in [3.63, 3.8) is 0 Å². The summed E-state index contributed by atoms with van der Waals surface area (Å²) in [5.74, 6) is 0. The van der Waals surface area contributed by atoms with Crippen molar-refractivity contribution in [1.82, 2.24) is 4.72 Å². The lowest BCUT2D eigenvalue weighted by molar-refractivity contribution is 0.0699. The van der Waals surface area contributed by atoms with Crippen LogP contribution in [0.1, 0.15) is 25.0 Å². The van der Waals surface area contributed by atoms with Gasteiger partial charge in [-0.25, -0.2) is 13.1 Å². The van der Waals surface area contributed by atoms with Crippen molar-refractivity contribution in [2.75, 3.05) is 33.5 Å². The third-order valence-electron chi connectivity index (χ3n) is 2.86. The summed E-state index contributed by atoms with van der Waals surface area (Å²) in [6, 6.07) is 6.18. The molecule has 0 fully saturated rings. The fraction of sp³-hybridized carbons (Fsp3) is 0.571. The number of hydrogen-bond donors (Lipinski definition) is 2. The van der Waals surface area contributed by atoms with Crippen LogP contribution in [0.4, 0.5) is 0 Å². The van der Waals surface area contributed by atoms with Gasteiger partial charge in [0.2, 0.25) is 10.0 Å². The highest BCUT2D eigenvalue weighted by atomic mass is 32.2. The quantitative estimate of drug-likeness (QED) is 0.631. The Hall–Kier alpha value is -0.990. The Morgan fingerprint density at radius 1 is 1.19 bits per heavy atom. The van der Waals surface area contributed by atoms with E-state index in [1.54, 1.807) is 26.2 Å². The molecule has 6 nitrogen and oxygen atoms in total. The van der Waals surface area contributed by atoms with Crippen molar-refractivity contribution in [2.45, 2.75) is 24.3 Å². The summed E-state index contributed by atoms with van der Waals surface area (Å²) >= 11 is 0. The summed E-state index contributed by atoms with van der Waals surface area (Å²) < 4.78 is 36.6. The maximum Gasteiger partial charge on any atom is 0.240 e. The van der Waals surface area contributed by atoms with Gasteiger partial charge in [0.05, 0.1) is 24.2 Å². The molecule has 1 unspecified atom stereocenters. The summed E-state index contributed by atoms with van der Waals surface area (Å²) in [6.07, 6.45) is -0.0201. The van der Waals surface area contributed by atoms with Crippen molar-refractivity contribution in [1.29, 1.82) is 0 Å². The predicted molar refractivity (Wildman–Crippen MR) is 79.6 cm³/mol. The third kappa shape index (κ3) is 6.54. The van der Waals surface area contributed by atoms with Gasteiger partial charge in [-0.15, -0.1) is 0 Å². The Morgan fingerprint density at radius 2 is 1.86 bits per heavy atom. The number of aliphatic hydroxyl groups is 1. The molecular weight excluding hydrogens is 294 g/mol. The molecule has 0 radical (unpaired) electrons. The Kier molecular flexibility index (Phi) is 7.84. The van der Waals surface area contributed by atoms with Crippen molar-refractivity contribution < 1.29 is 23.0 Å².